The number of fused-ring (bicyclic) bond motifs is 1. The van der Waals surface area contributed by atoms with Crippen LogP contribution in [0.4, 0.5) is 0 Å². The van der Waals surface area contributed by atoms with Gasteiger partial charge in [-0.15, -0.1) is 11.3 Å². The summed E-state index contributed by atoms with van der Waals surface area (Å²) in [4.78, 5) is 28.0. The highest BCUT2D eigenvalue weighted by atomic mass is 35.5. The molecule has 0 aliphatic carbocycles. The van der Waals surface area contributed by atoms with Gasteiger partial charge in [-0.1, -0.05) is 11.6 Å². The molecule has 1 amide bonds. The summed E-state index contributed by atoms with van der Waals surface area (Å²) < 4.78 is 6.77. The molecule has 22 heavy (non-hydrogen) atoms. The zero-order valence-corrected chi connectivity index (χ0v) is 13.8. The number of aromatic nitrogens is 2. The van der Waals surface area contributed by atoms with Gasteiger partial charge in [0.25, 0.3) is 0 Å². The number of imidazole rings is 1. The van der Waals surface area contributed by atoms with E-state index in [0.29, 0.717) is 10.8 Å². The molecule has 0 bridgehead atoms. The fourth-order valence-corrected chi connectivity index (χ4v) is 2.75. The lowest BCUT2D eigenvalue weighted by Gasteiger charge is -2.07. The number of ether oxygens (including phenoxy) is 1. The van der Waals surface area contributed by atoms with Crippen molar-refractivity contribution in [1.29, 1.82) is 0 Å². The second-order valence-electron chi connectivity index (χ2n) is 4.76. The smallest absolute Gasteiger partial charge is 0.307 e. The molecule has 6 nitrogen and oxygen atoms in total. The Hall–Kier alpha value is -1.86. The van der Waals surface area contributed by atoms with Crippen LogP contribution in [-0.4, -0.2) is 33.9 Å². The highest BCUT2D eigenvalue weighted by molar-refractivity contribution is 7.15. The number of hydrogen-bond acceptors (Lipinski definition) is 5. The van der Waals surface area contributed by atoms with E-state index in [1.54, 1.807) is 24.3 Å². The predicted octanol–water partition coefficient (Wildman–Crippen LogP) is 2.52. The molecule has 0 aliphatic heterocycles. The Labute approximate surface area is 136 Å². The fraction of sp³-hybridized carbons (Fsp3) is 0.357. The van der Waals surface area contributed by atoms with Gasteiger partial charge in [-0.25, -0.2) is 4.98 Å². The number of carbonyl (C=O) groups excluding carboxylic acids is 2. The maximum atomic E-state index is 11.7. The molecule has 0 fully saturated rings. The third-order valence-electron chi connectivity index (χ3n) is 2.64. The minimum absolute atomic E-state index is 0.139. The Kier molecular flexibility index (Phi) is 5.57. The third kappa shape index (κ3) is 4.32. The summed E-state index contributed by atoms with van der Waals surface area (Å²) in [5.41, 5.74) is 0.646. The van der Waals surface area contributed by atoms with Gasteiger partial charge in [0.15, 0.2) is 10.1 Å². The number of thiazole rings is 1. The highest BCUT2D eigenvalue weighted by Gasteiger charge is 2.09. The summed E-state index contributed by atoms with van der Waals surface area (Å²) >= 11 is 7.48. The van der Waals surface area contributed by atoms with Crippen molar-refractivity contribution in [3.05, 3.63) is 28.5 Å². The number of nitrogens with zero attached hydrogens (tertiary/aromatic N) is 2. The van der Waals surface area contributed by atoms with E-state index >= 15 is 0 Å². The molecule has 0 saturated carbocycles. The second-order valence-corrected chi connectivity index (χ2v) is 5.99. The Morgan fingerprint density at radius 2 is 2.32 bits per heavy atom. The Morgan fingerprint density at radius 1 is 1.55 bits per heavy atom. The van der Waals surface area contributed by atoms with Gasteiger partial charge in [-0.2, -0.15) is 0 Å². The quantitative estimate of drug-likeness (QED) is 0.647. The zero-order valence-electron chi connectivity index (χ0n) is 12.2. The van der Waals surface area contributed by atoms with Crippen LogP contribution in [0.15, 0.2) is 17.7 Å². The van der Waals surface area contributed by atoms with E-state index in [9.17, 15) is 9.59 Å². The average Bonchev–Trinajstić information content (AvgIpc) is 2.96. The van der Waals surface area contributed by atoms with Gasteiger partial charge in [0.1, 0.15) is 0 Å². The number of halogens is 1. The molecule has 1 N–H and O–H groups in total. The van der Waals surface area contributed by atoms with E-state index in [1.165, 1.54) is 17.4 Å². The van der Waals surface area contributed by atoms with Gasteiger partial charge in [-0.05, 0) is 19.9 Å². The molecule has 2 aromatic heterocycles. The van der Waals surface area contributed by atoms with Crippen LogP contribution in [0.1, 0.15) is 26.0 Å². The first-order chi connectivity index (χ1) is 10.5. The average molecular weight is 342 g/mol. The molecule has 0 saturated heterocycles. The number of carbonyl (C=O) groups is 2. The molecule has 0 spiro atoms. The Bertz CT molecular complexity index is 705. The van der Waals surface area contributed by atoms with Crippen molar-refractivity contribution >= 4 is 45.9 Å². The molecule has 2 heterocycles. The maximum absolute atomic E-state index is 11.7. The molecule has 0 radical (unpaired) electrons. The van der Waals surface area contributed by atoms with Crippen LogP contribution in [0.3, 0.4) is 0 Å². The van der Waals surface area contributed by atoms with E-state index < -0.39 is 0 Å². The molecule has 118 valence electrons. The van der Waals surface area contributed by atoms with Crippen molar-refractivity contribution < 1.29 is 14.3 Å². The molecule has 0 aromatic carbocycles. The third-order valence-corrected chi connectivity index (χ3v) is 3.68. The Morgan fingerprint density at radius 3 is 3.05 bits per heavy atom. The number of amides is 1. The van der Waals surface area contributed by atoms with Crippen LogP contribution in [0.5, 0.6) is 0 Å². The lowest BCUT2D eigenvalue weighted by Crippen LogP contribution is -2.25. The van der Waals surface area contributed by atoms with Crippen molar-refractivity contribution in [2.75, 3.05) is 6.54 Å². The van der Waals surface area contributed by atoms with Gasteiger partial charge >= 0.3 is 5.97 Å². The van der Waals surface area contributed by atoms with E-state index in [1.807, 2.05) is 11.6 Å². The first kappa shape index (κ1) is 16.5. The lowest BCUT2D eigenvalue weighted by atomic mass is 10.3. The van der Waals surface area contributed by atoms with Crippen LogP contribution < -0.4 is 5.32 Å². The van der Waals surface area contributed by atoms with E-state index in [0.717, 1.165) is 4.96 Å². The normalized spacial score (nSPS) is 11.5. The van der Waals surface area contributed by atoms with E-state index in [2.05, 4.69) is 10.3 Å². The topological polar surface area (TPSA) is 72.7 Å². The summed E-state index contributed by atoms with van der Waals surface area (Å²) in [6.07, 6.45) is 4.77. The van der Waals surface area contributed by atoms with Crippen molar-refractivity contribution in [3.8, 4) is 0 Å². The zero-order chi connectivity index (χ0) is 16.1. The van der Waals surface area contributed by atoms with Gasteiger partial charge in [-0.3, -0.25) is 14.0 Å². The summed E-state index contributed by atoms with van der Waals surface area (Å²) in [7, 11) is 0. The molecule has 2 aromatic rings. The largest absolute Gasteiger partial charge is 0.463 e. The molecular formula is C14H16ClN3O3S. The van der Waals surface area contributed by atoms with Crippen LogP contribution in [0.25, 0.3) is 11.0 Å². The monoisotopic (exact) mass is 341 g/mol. The molecule has 8 heteroatoms. The van der Waals surface area contributed by atoms with Crippen LogP contribution >= 0.6 is 22.9 Å². The van der Waals surface area contributed by atoms with Crippen LogP contribution in [-0.2, 0) is 14.3 Å². The standard InChI is InChI=1S/C14H16ClN3O3S/c1-9(2)21-12(20)5-6-16-11(19)4-3-10-13(15)17-14-18(10)7-8-22-14/h3-4,7-9H,5-6H2,1-2H3,(H,16,19)/b4-3+. The van der Waals surface area contributed by atoms with E-state index in [4.69, 9.17) is 16.3 Å². The summed E-state index contributed by atoms with van der Waals surface area (Å²) in [5.74, 6) is -0.642. The van der Waals surface area contributed by atoms with Crippen molar-refractivity contribution in [2.45, 2.75) is 26.4 Å². The van der Waals surface area contributed by atoms with Crippen molar-refractivity contribution in [2.24, 2.45) is 0 Å². The first-order valence-electron chi connectivity index (χ1n) is 6.74. The molecule has 2 rings (SSSR count). The minimum Gasteiger partial charge on any atom is -0.463 e. The van der Waals surface area contributed by atoms with Gasteiger partial charge < -0.3 is 10.1 Å². The van der Waals surface area contributed by atoms with Gasteiger partial charge in [0.05, 0.1) is 18.2 Å². The van der Waals surface area contributed by atoms with Gasteiger partial charge in [0, 0.05) is 24.2 Å². The molecular weight excluding hydrogens is 326 g/mol. The van der Waals surface area contributed by atoms with Crippen molar-refractivity contribution in [1.82, 2.24) is 14.7 Å². The highest BCUT2D eigenvalue weighted by Crippen LogP contribution is 2.22. The van der Waals surface area contributed by atoms with Crippen molar-refractivity contribution in [3.63, 3.8) is 0 Å². The summed E-state index contributed by atoms with van der Waals surface area (Å²) in [6.45, 7) is 3.78. The van der Waals surface area contributed by atoms with Crippen LogP contribution in [0, 0.1) is 0 Å². The lowest BCUT2D eigenvalue weighted by molar-refractivity contribution is -0.147. The minimum atomic E-state index is -0.335. The second kappa shape index (κ2) is 7.42. The van der Waals surface area contributed by atoms with Crippen LogP contribution in [0.2, 0.25) is 5.15 Å². The number of hydrogen-bond donors (Lipinski definition) is 1. The van der Waals surface area contributed by atoms with E-state index in [-0.39, 0.29) is 30.9 Å². The first-order valence-corrected chi connectivity index (χ1v) is 7.99. The number of nitrogens with one attached hydrogen (secondary N) is 1. The Balaban J connectivity index is 1.85. The summed E-state index contributed by atoms with van der Waals surface area (Å²) in [6, 6.07) is 0. The van der Waals surface area contributed by atoms with Gasteiger partial charge in [0.2, 0.25) is 5.91 Å². The SMILES string of the molecule is CC(C)OC(=O)CCNC(=O)/C=C/c1c(Cl)nc2sccn12. The molecule has 0 atom stereocenters. The number of esters is 1. The summed E-state index contributed by atoms with van der Waals surface area (Å²) in [5, 5.41) is 4.84. The maximum Gasteiger partial charge on any atom is 0.307 e. The number of rotatable bonds is 6. The predicted molar refractivity (Wildman–Crippen MR) is 86.0 cm³/mol. The molecule has 0 aliphatic rings. The molecule has 0 unspecified atom stereocenters. The fourth-order valence-electron chi connectivity index (χ4n) is 1.75.